The van der Waals surface area contributed by atoms with Crippen LogP contribution in [-0.4, -0.2) is 11.6 Å². The molecular weight excluding hydrogens is 396 g/mol. The summed E-state index contributed by atoms with van der Waals surface area (Å²) in [7, 11) is 0. The fourth-order valence-electron chi connectivity index (χ4n) is 7.23. The number of rotatable bonds is 4. The van der Waals surface area contributed by atoms with Gasteiger partial charge in [0.25, 0.3) is 0 Å². The second-order valence-corrected chi connectivity index (χ2v) is 12.0. The third-order valence-corrected chi connectivity index (χ3v) is 10.4. The summed E-state index contributed by atoms with van der Waals surface area (Å²) in [5, 5.41) is 6.82. The van der Waals surface area contributed by atoms with Gasteiger partial charge in [-0.25, -0.2) is 0 Å². The molecule has 4 nitrogen and oxygen atoms in total. The average molecular weight is 433 g/mol. The Morgan fingerprint density at radius 3 is 1.41 bits per heavy atom. The molecule has 0 aromatic heterocycles. The van der Waals surface area contributed by atoms with Crippen molar-refractivity contribution in [2.45, 2.75) is 67.2 Å². The lowest BCUT2D eigenvalue weighted by Gasteiger charge is -2.31. The molecule has 32 heavy (non-hydrogen) atoms. The molecule has 4 bridgehead atoms. The molecule has 0 heterocycles. The number of hydrogen-bond donors (Lipinski definition) is 2. The molecule has 4 aliphatic carbocycles. The van der Waals surface area contributed by atoms with Crippen molar-refractivity contribution in [3.05, 3.63) is 47.8 Å². The molecule has 0 radical (unpaired) electrons. The molecule has 0 amide bonds. The van der Waals surface area contributed by atoms with Gasteiger partial charge >= 0.3 is 0 Å². The van der Waals surface area contributed by atoms with Crippen molar-refractivity contribution in [3.8, 4) is 0 Å². The van der Waals surface area contributed by atoms with Crippen molar-refractivity contribution >= 4 is 22.9 Å². The van der Waals surface area contributed by atoms with E-state index in [1.165, 1.54) is 0 Å². The van der Waals surface area contributed by atoms with Crippen LogP contribution in [0.2, 0.25) is 0 Å². The minimum absolute atomic E-state index is 0.00481. The number of nitrogens with one attached hydrogen (secondary N) is 2. The summed E-state index contributed by atoms with van der Waals surface area (Å²) >= 11 is 0. The van der Waals surface area contributed by atoms with Crippen molar-refractivity contribution in [2.75, 3.05) is 10.6 Å². The van der Waals surface area contributed by atoms with Gasteiger partial charge in [0.15, 0.2) is 11.6 Å². The molecule has 0 spiro atoms. The molecule has 170 valence electrons. The minimum Gasteiger partial charge on any atom is -0.360 e. The number of para-hydroxylation sites is 2. The van der Waals surface area contributed by atoms with Crippen LogP contribution in [0.25, 0.3) is 0 Å². The summed E-state index contributed by atoms with van der Waals surface area (Å²) in [4.78, 5) is 26.3. The maximum atomic E-state index is 13.1. The minimum atomic E-state index is -0.252. The Morgan fingerprint density at radius 1 is 0.719 bits per heavy atom. The van der Waals surface area contributed by atoms with Gasteiger partial charge in [0.1, 0.15) is 0 Å². The quantitative estimate of drug-likeness (QED) is 0.546. The van der Waals surface area contributed by atoms with Gasteiger partial charge in [-0.2, -0.15) is 0 Å². The highest BCUT2D eigenvalue weighted by molar-refractivity contribution is 6.05. The van der Waals surface area contributed by atoms with Gasteiger partial charge < -0.3 is 10.6 Å². The van der Waals surface area contributed by atoms with Crippen molar-refractivity contribution in [2.24, 2.45) is 33.5 Å². The highest BCUT2D eigenvalue weighted by Crippen LogP contribution is 2.66. The van der Waals surface area contributed by atoms with Gasteiger partial charge in [0.05, 0.1) is 11.4 Å². The van der Waals surface area contributed by atoms with E-state index >= 15 is 0 Å². The van der Waals surface area contributed by atoms with Crippen LogP contribution in [0, 0.1) is 33.5 Å². The number of carbonyl (C=O) groups excluding carboxylic acids is 2. The van der Waals surface area contributed by atoms with E-state index < -0.39 is 0 Å². The van der Waals surface area contributed by atoms with Crippen molar-refractivity contribution in [3.63, 3.8) is 0 Å². The molecule has 5 rings (SSSR count). The van der Waals surface area contributed by atoms with E-state index in [4.69, 9.17) is 0 Å². The standard InChI is InChI=1S/C28H36N2O2/c1-25(2)19-11-13-27(25,5)23(31)17(19)15-29-21-9-7-8-10-22(21)30-16-18-20-12-14-28(6,24(18)32)26(20,3)4/h7-10,15-16,19-20,29-30H,11-14H2,1-6H3/b17-15-,18-16-/t19-,20-,27+,28+/m1/s1. The number of anilines is 2. The third kappa shape index (κ3) is 2.50. The van der Waals surface area contributed by atoms with E-state index in [0.717, 1.165) is 48.2 Å². The zero-order valence-corrected chi connectivity index (χ0v) is 20.3. The molecule has 0 saturated heterocycles. The predicted molar refractivity (Wildman–Crippen MR) is 129 cm³/mol. The smallest absolute Gasteiger partial charge is 0.167 e. The van der Waals surface area contributed by atoms with Crippen LogP contribution < -0.4 is 10.6 Å². The van der Waals surface area contributed by atoms with Gasteiger partial charge in [-0.1, -0.05) is 53.7 Å². The van der Waals surface area contributed by atoms with E-state index in [1.54, 1.807) is 0 Å². The summed E-state index contributed by atoms with van der Waals surface area (Å²) in [6, 6.07) is 7.99. The van der Waals surface area contributed by atoms with Crippen LogP contribution in [0.15, 0.2) is 47.8 Å². The van der Waals surface area contributed by atoms with Crippen LogP contribution in [0.5, 0.6) is 0 Å². The van der Waals surface area contributed by atoms with Crippen LogP contribution in [0.3, 0.4) is 0 Å². The first-order valence-corrected chi connectivity index (χ1v) is 12.1. The normalized spacial score (nSPS) is 38.8. The summed E-state index contributed by atoms with van der Waals surface area (Å²) in [6.07, 6.45) is 7.98. The largest absolute Gasteiger partial charge is 0.360 e. The average Bonchev–Trinajstić information content (AvgIpc) is 3.23. The van der Waals surface area contributed by atoms with Gasteiger partial charge in [-0.3, -0.25) is 9.59 Å². The summed E-state index contributed by atoms with van der Waals surface area (Å²) in [5.74, 6) is 1.21. The van der Waals surface area contributed by atoms with Gasteiger partial charge in [0.2, 0.25) is 0 Å². The predicted octanol–water partition coefficient (Wildman–Crippen LogP) is 6.33. The van der Waals surface area contributed by atoms with Gasteiger partial charge in [0, 0.05) is 34.4 Å². The molecule has 4 fully saturated rings. The van der Waals surface area contributed by atoms with E-state index in [0.29, 0.717) is 23.4 Å². The number of Topliss-reactive ketones (excluding diaryl/α,β-unsaturated/α-hetero) is 2. The molecule has 4 saturated carbocycles. The molecule has 0 aliphatic heterocycles. The van der Waals surface area contributed by atoms with E-state index in [2.05, 4.69) is 52.2 Å². The van der Waals surface area contributed by atoms with Crippen molar-refractivity contribution < 1.29 is 9.59 Å². The molecule has 4 atom stereocenters. The Bertz CT molecular complexity index is 994. The first kappa shape index (κ1) is 21.5. The molecule has 0 unspecified atom stereocenters. The Balaban J connectivity index is 1.39. The maximum absolute atomic E-state index is 13.1. The van der Waals surface area contributed by atoms with Gasteiger partial charge in [-0.05, 0) is 60.5 Å². The lowest BCUT2D eigenvalue weighted by molar-refractivity contribution is -0.126. The summed E-state index contributed by atoms with van der Waals surface area (Å²) < 4.78 is 0. The topological polar surface area (TPSA) is 58.2 Å². The van der Waals surface area contributed by atoms with Crippen molar-refractivity contribution in [1.29, 1.82) is 0 Å². The van der Waals surface area contributed by atoms with E-state index in [9.17, 15) is 9.59 Å². The number of allylic oxidation sites excluding steroid dienone is 2. The number of fused-ring (bicyclic) bond motifs is 4. The fourth-order valence-corrected chi connectivity index (χ4v) is 7.23. The zero-order chi connectivity index (χ0) is 23.1. The lowest BCUT2D eigenvalue weighted by atomic mass is 9.70. The Labute approximate surface area is 191 Å². The molecule has 4 heteroatoms. The summed E-state index contributed by atoms with van der Waals surface area (Å²) in [5.41, 5.74) is 3.18. The molecule has 4 aliphatic rings. The number of hydrogen-bond acceptors (Lipinski definition) is 4. The Morgan fingerprint density at radius 2 is 1.09 bits per heavy atom. The molecular formula is C28H36N2O2. The Hall–Kier alpha value is -2.36. The van der Waals surface area contributed by atoms with Gasteiger partial charge in [-0.15, -0.1) is 0 Å². The second kappa shape index (κ2) is 6.59. The van der Waals surface area contributed by atoms with E-state index in [-0.39, 0.29) is 21.7 Å². The third-order valence-electron chi connectivity index (χ3n) is 10.4. The first-order valence-electron chi connectivity index (χ1n) is 12.1. The van der Waals surface area contributed by atoms with Crippen LogP contribution in [0.4, 0.5) is 11.4 Å². The summed E-state index contributed by atoms with van der Waals surface area (Å²) in [6.45, 7) is 13.2. The van der Waals surface area contributed by atoms with Crippen LogP contribution >= 0.6 is 0 Å². The Kier molecular flexibility index (Phi) is 4.42. The molecule has 1 aromatic carbocycles. The highest BCUT2D eigenvalue weighted by Gasteiger charge is 2.65. The molecule has 1 aromatic rings. The van der Waals surface area contributed by atoms with E-state index in [1.807, 2.05) is 36.7 Å². The fraction of sp³-hybridized carbons (Fsp3) is 0.571. The lowest BCUT2D eigenvalue weighted by Crippen LogP contribution is -2.32. The molecule has 2 N–H and O–H groups in total. The highest BCUT2D eigenvalue weighted by atomic mass is 16.1. The number of ketones is 2. The second-order valence-electron chi connectivity index (χ2n) is 12.0. The monoisotopic (exact) mass is 432 g/mol. The maximum Gasteiger partial charge on any atom is 0.167 e. The number of carbonyl (C=O) groups is 2. The number of benzene rings is 1. The van der Waals surface area contributed by atoms with Crippen LogP contribution in [-0.2, 0) is 9.59 Å². The van der Waals surface area contributed by atoms with Crippen LogP contribution in [0.1, 0.15) is 67.2 Å². The zero-order valence-electron chi connectivity index (χ0n) is 20.3. The first-order chi connectivity index (χ1) is 14.9. The SMILES string of the molecule is CC1(C)[C@@H]2CC[C@@]1(C)C(=O)/C2=C\Nc1ccccc1N/C=C1\C(=O)[C@]2(C)CC[C@H]1C2(C)C. The van der Waals surface area contributed by atoms with Crippen molar-refractivity contribution in [1.82, 2.24) is 0 Å².